The lowest BCUT2D eigenvalue weighted by Crippen LogP contribution is -2.45. The highest BCUT2D eigenvalue weighted by Gasteiger charge is 2.17. The number of rotatable bonds is 6. The molecule has 0 atom stereocenters. The Morgan fingerprint density at radius 1 is 1.14 bits per heavy atom. The second kappa shape index (κ2) is 12.8. The quantitative estimate of drug-likeness (QED) is 0.600. The highest BCUT2D eigenvalue weighted by Crippen LogP contribution is 2.22. The number of benzene rings is 1. The number of nitrogens with zero attached hydrogens (tertiary/aromatic N) is 3. The molecule has 11 heteroatoms. The molecule has 162 valence electrons. The molecule has 0 radical (unpaired) electrons. The average Bonchev–Trinajstić information content (AvgIpc) is 3.10. The van der Waals surface area contributed by atoms with E-state index in [2.05, 4.69) is 32.3 Å². The van der Waals surface area contributed by atoms with Gasteiger partial charge < -0.3 is 10.2 Å². The van der Waals surface area contributed by atoms with Crippen LogP contribution in [-0.4, -0.2) is 53.5 Å². The number of hydrogen-bond acceptors (Lipinski definition) is 5. The Hall–Kier alpha value is -0.800. The Labute approximate surface area is 197 Å². The predicted octanol–water partition coefficient (Wildman–Crippen LogP) is 4.75. The lowest BCUT2D eigenvalue weighted by Gasteiger charge is -2.33. The zero-order valence-corrected chi connectivity index (χ0v) is 20.0. The van der Waals surface area contributed by atoms with Gasteiger partial charge in [0.15, 0.2) is 5.13 Å². The molecular weight excluding hydrogens is 476 g/mol. The van der Waals surface area contributed by atoms with Gasteiger partial charge in [-0.25, -0.2) is 9.78 Å². The maximum atomic E-state index is 12.1. The smallest absolute Gasteiger partial charge is 0.321 e. The van der Waals surface area contributed by atoms with Crippen LogP contribution in [0.2, 0.25) is 10.0 Å². The summed E-state index contributed by atoms with van der Waals surface area (Å²) in [5, 5.41) is 9.15. The number of halogens is 4. The van der Waals surface area contributed by atoms with Gasteiger partial charge in [-0.3, -0.25) is 10.2 Å². The van der Waals surface area contributed by atoms with E-state index in [0.717, 1.165) is 50.5 Å². The van der Waals surface area contributed by atoms with Crippen LogP contribution in [0.3, 0.4) is 0 Å². The van der Waals surface area contributed by atoms with Gasteiger partial charge in [-0.2, -0.15) is 0 Å². The van der Waals surface area contributed by atoms with Crippen molar-refractivity contribution in [3.63, 3.8) is 0 Å². The van der Waals surface area contributed by atoms with Crippen LogP contribution in [0.25, 0.3) is 0 Å². The van der Waals surface area contributed by atoms with Crippen molar-refractivity contribution in [2.24, 2.45) is 0 Å². The van der Waals surface area contributed by atoms with E-state index in [4.69, 9.17) is 23.2 Å². The second-order valence-electron chi connectivity index (χ2n) is 6.41. The molecule has 2 N–H and O–H groups in total. The summed E-state index contributed by atoms with van der Waals surface area (Å²) in [6, 6.07) is 4.99. The molecule has 0 aliphatic carbocycles. The SMILES string of the molecule is CCN1CCN(Cc2csc(NC(=O)NCc3ccc(Cl)c(Cl)c3)n2)CC1.Cl.Cl. The van der Waals surface area contributed by atoms with Gasteiger partial charge in [0.1, 0.15) is 0 Å². The Balaban J connectivity index is 0.00000210. The summed E-state index contributed by atoms with van der Waals surface area (Å²) in [6.45, 7) is 8.79. The lowest BCUT2D eigenvalue weighted by molar-refractivity contribution is 0.131. The maximum Gasteiger partial charge on any atom is 0.321 e. The summed E-state index contributed by atoms with van der Waals surface area (Å²) in [5.74, 6) is 0. The van der Waals surface area contributed by atoms with Gasteiger partial charge >= 0.3 is 6.03 Å². The number of hydrogen-bond donors (Lipinski definition) is 2. The molecule has 1 aliphatic rings. The van der Waals surface area contributed by atoms with Gasteiger partial charge in [0.05, 0.1) is 15.7 Å². The van der Waals surface area contributed by atoms with Crippen molar-refractivity contribution in [3.8, 4) is 0 Å². The van der Waals surface area contributed by atoms with Crippen molar-refractivity contribution in [2.75, 3.05) is 38.0 Å². The Morgan fingerprint density at radius 2 is 1.83 bits per heavy atom. The van der Waals surface area contributed by atoms with E-state index in [0.29, 0.717) is 21.7 Å². The van der Waals surface area contributed by atoms with Gasteiger partial charge in [0, 0.05) is 44.6 Å². The zero-order valence-electron chi connectivity index (χ0n) is 16.0. The van der Waals surface area contributed by atoms with E-state index in [9.17, 15) is 4.79 Å². The maximum absolute atomic E-state index is 12.1. The molecule has 0 spiro atoms. The van der Waals surface area contributed by atoms with Gasteiger partial charge in [-0.15, -0.1) is 36.2 Å². The minimum Gasteiger partial charge on any atom is -0.334 e. The molecule has 1 saturated heterocycles. The number of aromatic nitrogens is 1. The van der Waals surface area contributed by atoms with E-state index < -0.39 is 0 Å². The fourth-order valence-electron chi connectivity index (χ4n) is 2.90. The van der Waals surface area contributed by atoms with Gasteiger partial charge in [0.2, 0.25) is 0 Å². The van der Waals surface area contributed by atoms with Crippen LogP contribution in [0.4, 0.5) is 9.93 Å². The predicted molar refractivity (Wildman–Crippen MR) is 126 cm³/mol. The van der Waals surface area contributed by atoms with Crippen molar-refractivity contribution >= 4 is 70.5 Å². The highest BCUT2D eigenvalue weighted by atomic mass is 35.5. The fourth-order valence-corrected chi connectivity index (χ4v) is 3.92. The first kappa shape index (κ1) is 26.2. The van der Waals surface area contributed by atoms with Crippen molar-refractivity contribution in [3.05, 3.63) is 44.9 Å². The molecule has 1 aliphatic heterocycles. The Bertz CT molecular complexity index is 783. The first-order chi connectivity index (χ1) is 13.0. The summed E-state index contributed by atoms with van der Waals surface area (Å²) in [6.07, 6.45) is 0. The van der Waals surface area contributed by atoms with Crippen molar-refractivity contribution < 1.29 is 4.79 Å². The average molecular weight is 501 g/mol. The van der Waals surface area contributed by atoms with Crippen LogP contribution >= 0.6 is 59.4 Å². The van der Waals surface area contributed by atoms with Gasteiger partial charge in [0.25, 0.3) is 0 Å². The molecule has 0 bridgehead atoms. The number of urea groups is 1. The minimum atomic E-state index is -0.293. The zero-order chi connectivity index (χ0) is 19.2. The summed E-state index contributed by atoms with van der Waals surface area (Å²) >= 11 is 13.3. The summed E-state index contributed by atoms with van der Waals surface area (Å²) in [5.41, 5.74) is 1.87. The molecule has 6 nitrogen and oxygen atoms in total. The molecule has 29 heavy (non-hydrogen) atoms. The van der Waals surface area contributed by atoms with Crippen LogP contribution in [-0.2, 0) is 13.1 Å². The Kier molecular flexibility index (Phi) is 11.6. The van der Waals surface area contributed by atoms with Crippen molar-refractivity contribution in [1.82, 2.24) is 20.1 Å². The van der Waals surface area contributed by atoms with Crippen molar-refractivity contribution in [2.45, 2.75) is 20.0 Å². The van der Waals surface area contributed by atoms with Gasteiger partial charge in [-0.05, 0) is 24.2 Å². The second-order valence-corrected chi connectivity index (χ2v) is 8.08. The summed E-state index contributed by atoms with van der Waals surface area (Å²) in [7, 11) is 0. The normalized spacial score (nSPS) is 14.6. The third kappa shape index (κ3) is 8.09. The van der Waals surface area contributed by atoms with Crippen LogP contribution in [0.1, 0.15) is 18.2 Å². The first-order valence-corrected chi connectivity index (χ1v) is 10.5. The molecule has 0 saturated carbocycles. The summed E-state index contributed by atoms with van der Waals surface area (Å²) in [4.78, 5) is 21.4. The van der Waals surface area contributed by atoms with Gasteiger partial charge in [-0.1, -0.05) is 36.2 Å². The third-order valence-electron chi connectivity index (χ3n) is 4.51. The van der Waals surface area contributed by atoms with E-state index >= 15 is 0 Å². The fraction of sp³-hybridized carbons (Fsp3) is 0.444. The first-order valence-electron chi connectivity index (χ1n) is 8.91. The molecule has 1 fully saturated rings. The van der Waals surface area contributed by atoms with Crippen molar-refractivity contribution in [1.29, 1.82) is 0 Å². The number of piperazine rings is 1. The van der Waals surface area contributed by atoms with Crippen LogP contribution in [0.15, 0.2) is 23.6 Å². The number of carbonyl (C=O) groups is 1. The van der Waals surface area contributed by atoms with Crippen LogP contribution in [0, 0.1) is 0 Å². The standard InChI is InChI=1S/C18H23Cl2N5OS.2ClH/c1-2-24-5-7-25(8-6-24)11-14-12-27-18(22-14)23-17(26)21-10-13-3-4-15(19)16(20)9-13;;/h3-4,9,12H,2,5-8,10-11H2,1H3,(H2,21,22,23,26);2*1H. The molecule has 1 aromatic heterocycles. The third-order valence-corrected chi connectivity index (χ3v) is 6.05. The number of thiazole rings is 1. The van der Waals surface area contributed by atoms with Crippen LogP contribution in [0.5, 0.6) is 0 Å². The van der Waals surface area contributed by atoms with E-state index in [-0.39, 0.29) is 30.8 Å². The van der Waals surface area contributed by atoms with E-state index in [1.807, 2.05) is 11.4 Å². The molecule has 0 unspecified atom stereocenters. The molecule has 2 aromatic rings. The Morgan fingerprint density at radius 3 is 2.48 bits per heavy atom. The lowest BCUT2D eigenvalue weighted by atomic mass is 10.2. The molecule has 1 aromatic carbocycles. The van der Waals surface area contributed by atoms with Crippen LogP contribution < -0.4 is 10.6 Å². The number of likely N-dealkylation sites (N-methyl/N-ethyl adjacent to an activating group) is 1. The number of anilines is 1. The highest BCUT2D eigenvalue weighted by molar-refractivity contribution is 7.13. The number of nitrogens with one attached hydrogen (secondary N) is 2. The minimum absolute atomic E-state index is 0. The number of amides is 2. The topological polar surface area (TPSA) is 60.5 Å². The molecular formula is C18H25Cl4N5OS. The van der Waals surface area contributed by atoms with E-state index in [1.165, 1.54) is 11.3 Å². The number of carbonyl (C=O) groups excluding carboxylic acids is 1. The van der Waals surface area contributed by atoms with E-state index in [1.54, 1.807) is 12.1 Å². The molecule has 2 amide bonds. The summed E-state index contributed by atoms with van der Waals surface area (Å²) < 4.78 is 0. The molecule has 3 rings (SSSR count). The molecule has 2 heterocycles. The largest absolute Gasteiger partial charge is 0.334 e. The monoisotopic (exact) mass is 499 g/mol.